The van der Waals surface area contributed by atoms with Crippen molar-refractivity contribution in [2.45, 2.75) is 4.83 Å². The minimum absolute atomic E-state index is 0.0919. The molecule has 1 unspecified atom stereocenters. The van der Waals surface area contributed by atoms with Gasteiger partial charge in [0.05, 0.1) is 17.7 Å². The average Bonchev–Trinajstić information content (AvgIpc) is 2.35. The molecule has 19 heavy (non-hydrogen) atoms. The standard InChI is InChI=1S/C14H15BrO3S/c1-18-13-6-5-10-7-12(4-3-11(10)8-13)14(15)9-19(2,16)17/h3-8,14H,9H2,1-2H3. The number of rotatable bonds is 4. The maximum Gasteiger partial charge on any atom is 0.148 e. The molecule has 0 fully saturated rings. The van der Waals surface area contributed by atoms with Crippen molar-refractivity contribution < 1.29 is 13.2 Å². The molecule has 0 heterocycles. The fourth-order valence-corrected chi connectivity index (χ4v) is 4.38. The smallest absolute Gasteiger partial charge is 0.148 e. The van der Waals surface area contributed by atoms with Gasteiger partial charge in [-0.1, -0.05) is 34.1 Å². The van der Waals surface area contributed by atoms with Crippen LogP contribution in [0.4, 0.5) is 0 Å². The van der Waals surface area contributed by atoms with Crippen molar-refractivity contribution in [2.24, 2.45) is 0 Å². The Bertz CT molecular complexity index is 695. The molecule has 0 spiro atoms. The van der Waals surface area contributed by atoms with E-state index in [-0.39, 0.29) is 10.6 Å². The molecule has 0 aliphatic carbocycles. The minimum atomic E-state index is -3.00. The molecule has 3 nitrogen and oxygen atoms in total. The molecule has 2 rings (SSSR count). The zero-order valence-electron chi connectivity index (χ0n) is 10.8. The van der Waals surface area contributed by atoms with Crippen LogP contribution in [0.1, 0.15) is 10.4 Å². The average molecular weight is 343 g/mol. The molecule has 0 saturated heterocycles. The molecule has 0 aromatic heterocycles. The van der Waals surface area contributed by atoms with Crippen molar-refractivity contribution in [2.75, 3.05) is 19.1 Å². The van der Waals surface area contributed by atoms with Crippen LogP contribution in [0, 0.1) is 0 Å². The Morgan fingerprint density at radius 1 is 1.16 bits per heavy atom. The van der Waals surface area contributed by atoms with E-state index in [2.05, 4.69) is 15.9 Å². The second-order valence-electron chi connectivity index (χ2n) is 4.53. The van der Waals surface area contributed by atoms with Crippen LogP contribution in [0.2, 0.25) is 0 Å². The molecular weight excluding hydrogens is 328 g/mol. The second-order valence-corrected chi connectivity index (χ2v) is 7.82. The van der Waals surface area contributed by atoms with E-state index in [1.54, 1.807) is 7.11 Å². The van der Waals surface area contributed by atoms with E-state index in [1.807, 2.05) is 36.4 Å². The van der Waals surface area contributed by atoms with Gasteiger partial charge in [-0.15, -0.1) is 0 Å². The Kier molecular flexibility index (Phi) is 4.16. The van der Waals surface area contributed by atoms with Gasteiger partial charge in [0.15, 0.2) is 0 Å². The second kappa shape index (κ2) is 5.51. The summed E-state index contributed by atoms with van der Waals surface area (Å²) in [6.07, 6.45) is 1.24. The molecule has 0 saturated carbocycles. The summed E-state index contributed by atoms with van der Waals surface area (Å²) < 4.78 is 27.8. The number of hydrogen-bond donors (Lipinski definition) is 0. The van der Waals surface area contributed by atoms with Gasteiger partial charge in [0.25, 0.3) is 0 Å². The lowest BCUT2D eigenvalue weighted by Crippen LogP contribution is -2.08. The van der Waals surface area contributed by atoms with Crippen LogP contribution < -0.4 is 4.74 Å². The Morgan fingerprint density at radius 3 is 2.42 bits per heavy atom. The van der Waals surface area contributed by atoms with Crippen LogP contribution >= 0.6 is 15.9 Å². The zero-order chi connectivity index (χ0) is 14.0. The van der Waals surface area contributed by atoms with Crippen LogP contribution in [0.15, 0.2) is 36.4 Å². The molecule has 0 N–H and O–H groups in total. The third-order valence-corrected chi connectivity index (χ3v) is 5.10. The first-order valence-electron chi connectivity index (χ1n) is 5.78. The van der Waals surface area contributed by atoms with Gasteiger partial charge in [0.1, 0.15) is 15.6 Å². The van der Waals surface area contributed by atoms with Crippen molar-refractivity contribution in [3.63, 3.8) is 0 Å². The number of benzene rings is 2. The van der Waals surface area contributed by atoms with Crippen molar-refractivity contribution in [1.29, 1.82) is 0 Å². The van der Waals surface area contributed by atoms with E-state index in [0.717, 1.165) is 22.1 Å². The van der Waals surface area contributed by atoms with Crippen LogP contribution in [0.3, 0.4) is 0 Å². The number of halogens is 1. The molecule has 1 atom stereocenters. The fraction of sp³-hybridized carbons (Fsp3) is 0.286. The zero-order valence-corrected chi connectivity index (χ0v) is 13.2. The van der Waals surface area contributed by atoms with Gasteiger partial charge < -0.3 is 4.74 Å². The highest BCUT2D eigenvalue weighted by Gasteiger charge is 2.14. The molecule has 2 aromatic carbocycles. The largest absolute Gasteiger partial charge is 0.497 e. The van der Waals surface area contributed by atoms with E-state index in [1.165, 1.54) is 6.26 Å². The number of fused-ring (bicyclic) bond motifs is 1. The van der Waals surface area contributed by atoms with Gasteiger partial charge in [-0.3, -0.25) is 0 Å². The van der Waals surface area contributed by atoms with Gasteiger partial charge in [-0.2, -0.15) is 0 Å². The first-order chi connectivity index (χ1) is 8.89. The molecule has 0 amide bonds. The molecule has 5 heteroatoms. The summed E-state index contributed by atoms with van der Waals surface area (Å²) in [6, 6.07) is 11.7. The van der Waals surface area contributed by atoms with Crippen LogP contribution in [0.5, 0.6) is 5.75 Å². The van der Waals surface area contributed by atoms with Crippen molar-refractivity contribution in [1.82, 2.24) is 0 Å². The van der Waals surface area contributed by atoms with Gasteiger partial charge in [-0.25, -0.2) is 8.42 Å². The topological polar surface area (TPSA) is 43.4 Å². The van der Waals surface area contributed by atoms with Crippen molar-refractivity contribution in [3.8, 4) is 5.75 Å². The predicted octanol–water partition coefficient (Wildman–Crippen LogP) is 3.33. The van der Waals surface area contributed by atoms with Crippen LogP contribution in [-0.4, -0.2) is 27.5 Å². The lowest BCUT2D eigenvalue weighted by Gasteiger charge is -2.10. The lowest BCUT2D eigenvalue weighted by molar-refractivity contribution is 0.415. The van der Waals surface area contributed by atoms with E-state index in [0.29, 0.717) is 0 Å². The summed E-state index contributed by atoms with van der Waals surface area (Å²) in [4.78, 5) is -0.186. The summed E-state index contributed by atoms with van der Waals surface area (Å²) in [5.74, 6) is 0.904. The Labute approximate surface area is 121 Å². The molecule has 0 radical (unpaired) electrons. The normalized spacial score (nSPS) is 13.4. The highest BCUT2D eigenvalue weighted by Crippen LogP contribution is 2.29. The number of sulfone groups is 1. The van der Waals surface area contributed by atoms with E-state index in [4.69, 9.17) is 4.74 Å². The van der Waals surface area contributed by atoms with Gasteiger partial charge in [0.2, 0.25) is 0 Å². The summed E-state index contributed by atoms with van der Waals surface area (Å²) in [6.45, 7) is 0. The first kappa shape index (κ1) is 14.3. The Morgan fingerprint density at radius 2 is 1.79 bits per heavy atom. The molecule has 102 valence electrons. The van der Waals surface area contributed by atoms with E-state index >= 15 is 0 Å². The number of alkyl halides is 1. The number of ether oxygens (including phenoxy) is 1. The fourth-order valence-electron chi connectivity index (χ4n) is 1.93. The molecule has 2 aromatic rings. The molecular formula is C14H15BrO3S. The monoisotopic (exact) mass is 342 g/mol. The summed E-state index contributed by atoms with van der Waals surface area (Å²) in [7, 11) is -1.37. The van der Waals surface area contributed by atoms with E-state index < -0.39 is 9.84 Å². The number of hydrogen-bond acceptors (Lipinski definition) is 3. The van der Waals surface area contributed by atoms with Gasteiger partial charge in [0, 0.05) is 6.26 Å². The SMILES string of the molecule is COc1ccc2cc(C(Br)CS(C)(=O)=O)ccc2c1. The maximum atomic E-state index is 11.3. The van der Waals surface area contributed by atoms with Crippen LogP contribution in [-0.2, 0) is 9.84 Å². The third-order valence-electron chi connectivity index (χ3n) is 2.88. The highest BCUT2D eigenvalue weighted by atomic mass is 79.9. The number of methoxy groups -OCH3 is 1. The molecule has 0 aliphatic heterocycles. The van der Waals surface area contributed by atoms with Crippen LogP contribution in [0.25, 0.3) is 10.8 Å². The van der Waals surface area contributed by atoms with Gasteiger partial charge in [-0.05, 0) is 34.5 Å². The quantitative estimate of drug-likeness (QED) is 0.800. The summed E-state index contributed by atoms with van der Waals surface area (Å²) in [5, 5.41) is 2.14. The molecule has 0 bridgehead atoms. The minimum Gasteiger partial charge on any atom is -0.497 e. The van der Waals surface area contributed by atoms with Crippen molar-refractivity contribution in [3.05, 3.63) is 42.0 Å². The Balaban J connectivity index is 2.36. The predicted molar refractivity (Wildman–Crippen MR) is 81.9 cm³/mol. The third kappa shape index (κ3) is 3.70. The van der Waals surface area contributed by atoms with Crippen molar-refractivity contribution >= 4 is 36.5 Å². The van der Waals surface area contributed by atoms with E-state index in [9.17, 15) is 8.42 Å². The molecule has 0 aliphatic rings. The first-order valence-corrected chi connectivity index (χ1v) is 8.76. The highest BCUT2D eigenvalue weighted by molar-refractivity contribution is 9.09. The summed E-state index contributed by atoms with van der Waals surface area (Å²) in [5.41, 5.74) is 0.961. The maximum absolute atomic E-state index is 11.3. The van der Waals surface area contributed by atoms with Gasteiger partial charge >= 0.3 is 0 Å². The summed E-state index contributed by atoms with van der Waals surface area (Å²) >= 11 is 3.43. The lowest BCUT2D eigenvalue weighted by atomic mass is 10.1. The Hall–Kier alpha value is -1.07.